The number of aryl methyl sites for hydroxylation is 2. The van der Waals surface area contributed by atoms with E-state index in [-0.39, 0.29) is 5.91 Å². The first-order chi connectivity index (χ1) is 8.66. The molecule has 0 unspecified atom stereocenters. The first-order valence-corrected chi connectivity index (χ1v) is 6.82. The molecule has 100 valence electrons. The third-order valence-corrected chi connectivity index (χ3v) is 3.75. The molecular weight excluding hydrogens is 226 g/mol. The Morgan fingerprint density at radius 3 is 2.56 bits per heavy atom. The van der Waals surface area contributed by atoms with E-state index in [2.05, 4.69) is 10.7 Å². The second-order valence-electron chi connectivity index (χ2n) is 5.22. The van der Waals surface area contributed by atoms with E-state index in [0.717, 1.165) is 30.9 Å². The van der Waals surface area contributed by atoms with Crippen molar-refractivity contribution in [1.82, 2.24) is 9.99 Å². The van der Waals surface area contributed by atoms with Gasteiger partial charge in [-0.3, -0.25) is 14.9 Å². The van der Waals surface area contributed by atoms with E-state index >= 15 is 0 Å². The molecule has 1 aromatic heterocycles. The molecule has 1 aliphatic heterocycles. The van der Waals surface area contributed by atoms with Crippen molar-refractivity contribution in [2.75, 3.05) is 18.5 Å². The highest BCUT2D eigenvalue weighted by Gasteiger charge is 2.14. The van der Waals surface area contributed by atoms with Gasteiger partial charge in [-0.2, -0.15) is 0 Å². The largest absolute Gasteiger partial charge is 0.317 e. The minimum atomic E-state index is 0.121. The number of aromatic nitrogens is 1. The summed E-state index contributed by atoms with van der Waals surface area (Å²) in [6, 6.07) is 4.03. The smallest absolute Gasteiger partial charge is 0.238 e. The fourth-order valence-electron chi connectivity index (χ4n) is 2.53. The molecule has 18 heavy (non-hydrogen) atoms. The predicted octanol–water partition coefficient (Wildman–Crippen LogP) is 1.95. The zero-order chi connectivity index (χ0) is 13.0. The van der Waals surface area contributed by atoms with Gasteiger partial charge in [-0.05, 0) is 64.3 Å². The summed E-state index contributed by atoms with van der Waals surface area (Å²) in [6.07, 6.45) is 4.04. The lowest BCUT2D eigenvalue weighted by Crippen LogP contribution is -2.29. The third-order valence-electron chi connectivity index (χ3n) is 3.75. The van der Waals surface area contributed by atoms with Gasteiger partial charge in [0.05, 0.1) is 0 Å². The van der Waals surface area contributed by atoms with Crippen LogP contribution >= 0.6 is 0 Å². The lowest BCUT2D eigenvalue weighted by Gasteiger charge is -2.22. The Kier molecular flexibility index (Phi) is 4.42. The number of hydrogen-bond donors (Lipinski definition) is 2. The first kappa shape index (κ1) is 13.1. The Hall–Kier alpha value is -1.29. The van der Waals surface area contributed by atoms with Gasteiger partial charge in [0.1, 0.15) is 0 Å². The summed E-state index contributed by atoms with van der Waals surface area (Å²) >= 11 is 0. The molecule has 0 atom stereocenters. The molecular formula is C14H23N3O. The van der Waals surface area contributed by atoms with Crippen molar-refractivity contribution in [3.63, 3.8) is 0 Å². The summed E-state index contributed by atoms with van der Waals surface area (Å²) in [5.41, 5.74) is 5.10. The van der Waals surface area contributed by atoms with E-state index in [9.17, 15) is 4.79 Å². The van der Waals surface area contributed by atoms with Crippen LogP contribution in [0.2, 0.25) is 0 Å². The Labute approximate surface area is 109 Å². The van der Waals surface area contributed by atoms with Crippen molar-refractivity contribution in [2.45, 2.75) is 39.5 Å². The second kappa shape index (κ2) is 6.05. The summed E-state index contributed by atoms with van der Waals surface area (Å²) in [6.45, 7) is 6.20. The topological polar surface area (TPSA) is 46.1 Å². The summed E-state index contributed by atoms with van der Waals surface area (Å²) in [7, 11) is 0. The second-order valence-corrected chi connectivity index (χ2v) is 5.22. The average molecular weight is 249 g/mol. The van der Waals surface area contributed by atoms with E-state index in [0.29, 0.717) is 12.3 Å². The molecule has 1 aromatic rings. The van der Waals surface area contributed by atoms with Crippen LogP contribution in [-0.4, -0.2) is 23.7 Å². The number of nitrogens with zero attached hydrogens (tertiary/aromatic N) is 1. The number of piperidine rings is 1. The van der Waals surface area contributed by atoms with Gasteiger partial charge in [0, 0.05) is 17.8 Å². The number of carbonyl (C=O) groups is 1. The highest BCUT2D eigenvalue weighted by molar-refractivity contribution is 5.83. The molecule has 4 heteroatoms. The summed E-state index contributed by atoms with van der Waals surface area (Å²) in [5, 5.41) is 3.35. The lowest BCUT2D eigenvalue weighted by molar-refractivity contribution is -0.117. The Morgan fingerprint density at radius 2 is 1.94 bits per heavy atom. The van der Waals surface area contributed by atoms with Gasteiger partial charge < -0.3 is 5.32 Å². The van der Waals surface area contributed by atoms with Gasteiger partial charge in [-0.1, -0.05) is 0 Å². The van der Waals surface area contributed by atoms with Crippen LogP contribution in [0.15, 0.2) is 12.1 Å². The molecule has 1 aliphatic rings. The van der Waals surface area contributed by atoms with Gasteiger partial charge >= 0.3 is 0 Å². The van der Waals surface area contributed by atoms with Gasteiger partial charge in [0.15, 0.2) is 0 Å². The summed E-state index contributed by atoms with van der Waals surface area (Å²) < 4.78 is 1.87. The van der Waals surface area contributed by atoms with Crippen molar-refractivity contribution in [2.24, 2.45) is 5.92 Å². The van der Waals surface area contributed by atoms with E-state index in [1.54, 1.807) is 0 Å². The number of amides is 1. The van der Waals surface area contributed by atoms with Crippen LogP contribution in [0.1, 0.15) is 37.1 Å². The highest BCUT2D eigenvalue weighted by atomic mass is 16.2. The van der Waals surface area contributed by atoms with Crippen molar-refractivity contribution in [3.8, 4) is 0 Å². The zero-order valence-electron chi connectivity index (χ0n) is 11.3. The van der Waals surface area contributed by atoms with Crippen LogP contribution in [0, 0.1) is 19.8 Å². The standard InChI is InChI=1S/C14H23N3O/c1-11-3-4-12(2)17(11)16-14(18)6-5-13-7-9-15-10-8-13/h3-4,13,15H,5-10H2,1-2H3,(H,16,18). The highest BCUT2D eigenvalue weighted by Crippen LogP contribution is 2.17. The Balaban J connectivity index is 1.78. The molecule has 1 saturated heterocycles. The van der Waals surface area contributed by atoms with Gasteiger partial charge in [-0.15, -0.1) is 0 Å². The molecule has 1 amide bonds. The molecule has 0 radical (unpaired) electrons. The SMILES string of the molecule is Cc1ccc(C)n1NC(=O)CCC1CCNCC1. The van der Waals surface area contributed by atoms with Crippen LogP contribution in [-0.2, 0) is 4.79 Å². The molecule has 0 aromatic carbocycles. The van der Waals surface area contributed by atoms with E-state index in [1.165, 1.54) is 12.8 Å². The van der Waals surface area contributed by atoms with Crippen molar-refractivity contribution < 1.29 is 4.79 Å². The van der Waals surface area contributed by atoms with Gasteiger partial charge in [-0.25, -0.2) is 0 Å². The van der Waals surface area contributed by atoms with Crippen LogP contribution < -0.4 is 10.7 Å². The molecule has 0 saturated carbocycles. The quantitative estimate of drug-likeness (QED) is 0.857. The Bertz CT molecular complexity index is 386. The molecule has 2 heterocycles. The predicted molar refractivity (Wildman–Crippen MR) is 73.1 cm³/mol. The number of nitrogens with one attached hydrogen (secondary N) is 2. The lowest BCUT2D eigenvalue weighted by atomic mass is 9.93. The normalized spacial score (nSPS) is 16.8. The minimum Gasteiger partial charge on any atom is -0.317 e. The molecule has 4 nitrogen and oxygen atoms in total. The monoisotopic (exact) mass is 249 g/mol. The molecule has 0 aliphatic carbocycles. The van der Waals surface area contributed by atoms with Crippen LogP contribution in [0.4, 0.5) is 0 Å². The number of hydrogen-bond acceptors (Lipinski definition) is 2. The maximum absolute atomic E-state index is 11.9. The number of carbonyl (C=O) groups excluding carboxylic acids is 1. The maximum atomic E-state index is 11.9. The summed E-state index contributed by atoms with van der Waals surface area (Å²) in [4.78, 5) is 11.9. The first-order valence-electron chi connectivity index (χ1n) is 6.82. The number of rotatable bonds is 4. The minimum absolute atomic E-state index is 0.121. The van der Waals surface area contributed by atoms with Crippen molar-refractivity contribution in [3.05, 3.63) is 23.5 Å². The zero-order valence-corrected chi connectivity index (χ0v) is 11.3. The molecule has 0 bridgehead atoms. The average Bonchev–Trinajstić information content (AvgIpc) is 2.69. The van der Waals surface area contributed by atoms with Gasteiger partial charge in [0.25, 0.3) is 0 Å². The van der Waals surface area contributed by atoms with E-state index < -0.39 is 0 Å². The van der Waals surface area contributed by atoms with Gasteiger partial charge in [0.2, 0.25) is 5.91 Å². The third kappa shape index (κ3) is 3.35. The van der Waals surface area contributed by atoms with Crippen molar-refractivity contribution in [1.29, 1.82) is 0 Å². The van der Waals surface area contributed by atoms with Crippen molar-refractivity contribution >= 4 is 5.91 Å². The van der Waals surface area contributed by atoms with Crippen LogP contribution in [0.5, 0.6) is 0 Å². The van der Waals surface area contributed by atoms with Crippen LogP contribution in [0.25, 0.3) is 0 Å². The maximum Gasteiger partial charge on any atom is 0.238 e. The Morgan fingerprint density at radius 1 is 1.33 bits per heavy atom. The molecule has 2 rings (SSSR count). The summed E-state index contributed by atoms with van der Waals surface area (Å²) in [5.74, 6) is 0.833. The molecule has 1 fully saturated rings. The fraction of sp³-hybridized carbons (Fsp3) is 0.643. The fourth-order valence-corrected chi connectivity index (χ4v) is 2.53. The molecule has 2 N–H and O–H groups in total. The van der Waals surface area contributed by atoms with Crippen LogP contribution in [0.3, 0.4) is 0 Å². The van der Waals surface area contributed by atoms with E-state index in [4.69, 9.17) is 0 Å². The van der Waals surface area contributed by atoms with E-state index in [1.807, 2.05) is 30.7 Å². The molecule has 0 spiro atoms.